The van der Waals surface area contributed by atoms with E-state index in [0.29, 0.717) is 0 Å². The molecular weight excluding hydrogens is 935 g/mol. The van der Waals surface area contributed by atoms with Gasteiger partial charge in [0.05, 0.1) is 16.7 Å². The molecule has 0 saturated carbocycles. The molecule has 2 heteroatoms. The van der Waals surface area contributed by atoms with Crippen LogP contribution >= 0.6 is 12.6 Å². The molecule has 0 amide bonds. The van der Waals surface area contributed by atoms with Crippen LogP contribution in [0, 0.1) is 34.6 Å². The van der Waals surface area contributed by atoms with Crippen molar-refractivity contribution < 1.29 is 0 Å². The van der Waals surface area contributed by atoms with Crippen LogP contribution in [-0.4, -0.2) is 4.57 Å². The van der Waals surface area contributed by atoms with Gasteiger partial charge in [-0.2, -0.15) is 0 Å². The second kappa shape index (κ2) is 22.5. The van der Waals surface area contributed by atoms with Crippen molar-refractivity contribution in [1.82, 2.24) is 4.57 Å². The van der Waals surface area contributed by atoms with Gasteiger partial charge in [-0.25, -0.2) is 0 Å². The van der Waals surface area contributed by atoms with E-state index in [0.717, 1.165) is 36.1 Å². The third-order valence-corrected chi connectivity index (χ3v) is 16.3. The van der Waals surface area contributed by atoms with Crippen LogP contribution in [0.3, 0.4) is 0 Å². The summed E-state index contributed by atoms with van der Waals surface area (Å²) in [4.78, 5) is 1.08. The van der Waals surface area contributed by atoms with E-state index in [2.05, 4.69) is 253 Å². The highest BCUT2D eigenvalue weighted by atomic mass is 32.1. The molecule has 0 bridgehead atoms. The van der Waals surface area contributed by atoms with Crippen LogP contribution in [0.25, 0.3) is 88.5 Å². The van der Waals surface area contributed by atoms with Gasteiger partial charge in [0.2, 0.25) is 0 Å². The number of aromatic nitrogens is 1. The number of fused-ring (bicyclic) bond motifs is 6. The molecule has 76 heavy (non-hydrogen) atoms. The topological polar surface area (TPSA) is 4.93 Å². The smallest absolute Gasteiger partial charge is 0.0547 e. The van der Waals surface area contributed by atoms with Gasteiger partial charge in [0.25, 0.3) is 0 Å². The van der Waals surface area contributed by atoms with Gasteiger partial charge in [-0.05, 0) is 195 Å². The Morgan fingerprint density at radius 2 is 1.20 bits per heavy atom. The van der Waals surface area contributed by atoms with Crippen LogP contribution in [0.4, 0.5) is 0 Å². The van der Waals surface area contributed by atoms with Crippen molar-refractivity contribution in [3.05, 3.63) is 268 Å². The summed E-state index contributed by atoms with van der Waals surface area (Å²) in [5.74, 6) is 0. The Bertz CT molecular complexity index is 4010. The standard InChI is InChI=1S/C49H45NS.C23H18.C2H6/c1-8-34-13-10-11-16-41(34)42-28-43-39(25-30(42)4)22-24-46-47(43)44-27-38(37-15-12-14-36(26-37)35-19-17-29(3)18-20-35)21-23-45(44)50(46)48-31(5)40(9-2)32(6)49(51)33(48)7;1-2-7-18(8-3-1)17-19-13-15-21(16-14-19)23-12-6-10-20-9-4-5-11-22(20)23;1-2/h8,10-11,13-14,16-28,51H,1,9,12,15H2,2-7H3;1-16H,17H2;1-2H3. The summed E-state index contributed by atoms with van der Waals surface area (Å²) >= 11 is 5.11. The Kier molecular flexibility index (Phi) is 15.3. The second-order valence-electron chi connectivity index (χ2n) is 20.2. The zero-order chi connectivity index (χ0) is 53.0. The van der Waals surface area contributed by atoms with E-state index >= 15 is 0 Å². The van der Waals surface area contributed by atoms with Crippen LogP contribution in [-0.2, 0) is 12.8 Å². The first-order chi connectivity index (χ1) is 37.1. The molecule has 0 radical (unpaired) electrons. The molecule has 0 N–H and O–H groups in total. The molecule has 10 aromatic carbocycles. The SMILES string of the molecule is C=Cc1ccccc1-c1cc2c(ccc3c2c2cc(C4=CC(c5ccc(C)cc5)=CCC4)ccc2n3-c2c(C)c(S)c(C)c(CC)c2C)cc1C.CC.c1ccc(Cc2ccc(-c3cccc4ccccc34)cc2)cc1. The number of aryl methyl sites for hydroxylation is 2. The van der Waals surface area contributed by atoms with E-state index in [1.54, 1.807) is 0 Å². The molecule has 0 unspecified atom stereocenters. The first kappa shape index (κ1) is 51.6. The molecule has 0 saturated heterocycles. The Hall–Kier alpha value is -7.91. The summed E-state index contributed by atoms with van der Waals surface area (Å²) in [6.07, 6.45) is 10.8. The lowest BCUT2D eigenvalue weighted by Crippen LogP contribution is -2.06. The van der Waals surface area contributed by atoms with Crippen molar-refractivity contribution in [3.8, 4) is 27.9 Å². The van der Waals surface area contributed by atoms with Gasteiger partial charge in [-0.1, -0.05) is 215 Å². The molecular formula is C74H69NS. The maximum atomic E-state index is 5.11. The van der Waals surface area contributed by atoms with Gasteiger partial charge < -0.3 is 4.57 Å². The van der Waals surface area contributed by atoms with Crippen molar-refractivity contribution in [2.24, 2.45) is 0 Å². The Balaban J connectivity index is 0.000000218. The molecule has 0 aliphatic heterocycles. The fourth-order valence-electron chi connectivity index (χ4n) is 11.8. The first-order valence-electron chi connectivity index (χ1n) is 27.2. The van der Waals surface area contributed by atoms with E-state index in [-0.39, 0.29) is 0 Å². The van der Waals surface area contributed by atoms with Crippen LogP contribution < -0.4 is 0 Å². The van der Waals surface area contributed by atoms with Crippen LogP contribution in [0.5, 0.6) is 0 Å². The van der Waals surface area contributed by atoms with Crippen molar-refractivity contribution in [2.75, 3.05) is 0 Å². The van der Waals surface area contributed by atoms with Crippen molar-refractivity contribution in [2.45, 2.75) is 86.0 Å². The van der Waals surface area contributed by atoms with Crippen LogP contribution in [0.2, 0.25) is 0 Å². The molecule has 0 atom stereocenters. The normalized spacial score (nSPS) is 12.2. The summed E-state index contributed by atoms with van der Waals surface area (Å²) in [5, 5.41) is 7.71. The molecule has 0 fully saturated rings. The van der Waals surface area contributed by atoms with Gasteiger partial charge in [-0.3, -0.25) is 0 Å². The van der Waals surface area contributed by atoms with Crippen LogP contribution in [0.15, 0.2) is 212 Å². The highest BCUT2D eigenvalue weighted by molar-refractivity contribution is 7.80. The quantitative estimate of drug-likeness (QED) is 0.138. The van der Waals surface area contributed by atoms with Crippen LogP contribution in [0.1, 0.15) is 94.8 Å². The largest absolute Gasteiger partial charge is 0.309 e. The van der Waals surface area contributed by atoms with E-state index < -0.39 is 0 Å². The van der Waals surface area contributed by atoms with Gasteiger partial charge >= 0.3 is 0 Å². The number of hydrogen-bond acceptors (Lipinski definition) is 1. The minimum absolute atomic E-state index is 0.971. The lowest BCUT2D eigenvalue weighted by Gasteiger charge is -2.22. The summed E-state index contributed by atoms with van der Waals surface area (Å²) in [5.41, 5.74) is 25.7. The monoisotopic (exact) mass is 1000 g/mol. The zero-order valence-electron chi connectivity index (χ0n) is 45.6. The molecule has 11 aromatic rings. The van der Waals surface area contributed by atoms with E-state index in [9.17, 15) is 0 Å². The molecule has 0 spiro atoms. The van der Waals surface area contributed by atoms with Gasteiger partial charge in [-0.15, -0.1) is 12.6 Å². The summed E-state index contributed by atoms with van der Waals surface area (Å²) in [6.45, 7) is 21.5. The predicted octanol–water partition coefficient (Wildman–Crippen LogP) is 21.0. The number of hydrogen-bond donors (Lipinski definition) is 1. The highest BCUT2D eigenvalue weighted by Crippen LogP contribution is 2.44. The molecule has 1 aliphatic carbocycles. The van der Waals surface area contributed by atoms with E-state index in [1.807, 2.05) is 19.9 Å². The Labute approximate surface area is 457 Å². The maximum Gasteiger partial charge on any atom is 0.0547 e. The Morgan fingerprint density at radius 1 is 0.539 bits per heavy atom. The van der Waals surface area contributed by atoms with E-state index in [1.165, 1.54) is 138 Å². The fraction of sp³-hybridized carbons (Fsp3) is 0.162. The average molecular weight is 1000 g/mol. The average Bonchev–Trinajstić information content (AvgIpc) is 3.82. The minimum atomic E-state index is 0.971. The highest BCUT2D eigenvalue weighted by Gasteiger charge is 2.23. The minimum Gasteiger partial charge on any atom is -0.309 e. The summed E-state index contributed by atoms with van der Waals surface area (Å²) in [6, 6.07) is 68.8. The molecule has 1 aromatic heterocycles. The van der Waals surface area contributed by atoms with Crippen molar-refractivity contribution in [1.29, 1.82) is 0 Å². The molecule has 12 rings (SSSR count). The summed E-state index contributed by atoms with van der Waals surface area (Å²) < 4.78 is 2.53. The third kappa shape index (κ3) is 9.91. The fourth-order valence-corrected chi connectivity index (χ4v) is 12.0. The lowest BCUT2D eigenvalue weighted by atomic mass is 9.89. The van der Waals surface area contributed by atoms with Crippen molar-refractivity contribution in [3.63, 3.8) is 0 Å². The predicted molar refractivity (Wildman–Crippen MR) is 336 cm³/mol. The van der Waals surface area contributed by atoms with Gasteiger partial charge in [0.15, 0.2) is 0 Å². The van der Waals surface area contributed by atoms with Gasteiger partial charge in [0.1, 0.15) is 0 Å². The third-order valence-electron chi connectivity index (χ3n) is 15.6. The zero-order valence-corrected chi connectivity index (χ0v) is 46.5. The number of allylic oxidation sites excluding steroid dienone is 4. The number of benzene rings is 10. The summed E-state index contributed by atoms with van der Waals surface area (Å²) in [7, 11) is 0. The number of thiol groups is 1. The number of nitrogens with zero attached hydrogens (tertiary/aromatic N) is 1. The Morgan fingerprint density at radius 3 is 1.96 bits per heavy atom. The lowest BCUT2D eigenvalue weighted by molar-refractivity contribution is 0.995. The van der Waals surface area contributed by atoms with E-state index in [4.69, 9.17) is 12.6 Å². The molecule has 1 aliphatic rings. The number of rotatable bonds is 9. The second-order valence-corrected chi connectivity index (χ2v) is 20.7. The van der Waals surface area contributed by atoms with Crippen molar-refractivity contribution >= 4 is 73.2 Å². The first-order valence-corrected chi connectivity index (χ1v) is 27.7. The van der Waals surface area contributed by atoms with Gasteiger partial charge in [0, 0.05) is 15.7 Å². The maximum absolute atomic E-state index is 5.11. The molecule has 1 heterocycles. The molecule has 376 valence electrons. The molecule has 1 nitrogen and oxygen atoms in total.